The van der Waals surface area contributed by atoms with E-state index in [0.29, 0.717) is 16.8 Å². The first-order valence-electron chi connectivity index (χ1n) is 6.64. The summed E-state index contributed by atoms with van der Waals surface area (Å²) in [5.41, 5.74) is 2.36. The molecule has 7 nitrogen and oxygen atoms in total. The van der Waals surface area contributed by atoms with Crippen molar-refractivity contribution in [1.29, 1.82) is 0 Å². The second-order valence-corrected chi connectivity index (χ2v) is 6.53. The van der Waals surface area contributed by atoms with Crippen molar-refractivity contribution >= 4 is 32.7 Å². The van der Waals surface area contributed by atoms with Crippen molar-refractivity contribution in [2.75, 3.05) is 5.32 Å². The van der Waals surface area contributed by atoms with Crippen LogP contribution in [0.2, 0.25) is 0 Å². The summed E-state index contributed by atoms with van der Waals surface area (Å²) in [7, 11) is -3.76. The summed E-state index contributed by atoms with van der Waals surface area (Å²) in [5.74, 6) is -0.336. The number of fused-ring (bicyclic) bond motifs is 1. The summed E-state index contributed by atoms with van der Waals surface area (Å²) in [6, 6.07) is 10.6. The first-order valence-corrected chi connectivity index (χ1v) is 8.19. The van der Waals surface area contributed by atoms with E-state index in [0.717, 1.165) is 5.69 Å². The Morgan fingerprint density at radius 1 is 1.17 bits per heavy atom. The average molecular weight is 331 g/mol. The lowest BCUT2D eigenvalue weighted by atomic mass is 10.3. The highest BCUT2D eigenvalue weighted by molar-refractivity contribution is 7.89. The average Bonchev–Trinajstić information content (AvgIpc) is 2.90. The minimum atomic E-state index is -3.76. The Balaban J connectivity index is 1.82. The van der Waals surface area contributed by atoms with Crippen molar-refractivity contribution < 1.29 is 17.6 Å². The molecule has 3 N–H and O–H groups in total. The molecule has 0 aliphatic rings. The SMILES string of the molecule is Cc1ccc2oc(C(=O)Nc3ccc(S(N)(=O)=O)cc3)cc2n1. The Hall–Kier alpha value is -2.71. The summed E-state index contributed by atoms with van der Waals surface area (Å²) < 4.78 is 27.8. The van der Waals surface area contributed by atoms with E-state index in [1.54, 1.807) is 18.2 Å². The maximum atomic E-state index is 12.2. The number of nitrogens with two attached hydrogens (primary N) is 1. The number of nitrogens with zero attached hydrogens (tertiary/aromatic N) is 1. The predicted octanol–water partition coefficient (Wildman–Crippen LogP) is 2.04. The fraction of sp³-hybridized carbons (Fsp3) is 0.0667. The highest BCUT2D eigenvalue weighted by atomic mass is 32.2. The van der Waals surface area contributed by atoms with Crippen LogP contribution < -0.4 is 10.5 Å². The molecular weight excluding hydrogens is 318 g/mol. The number of hydrogen-bond acceptors (Lipinski definition) is 5. The van der Waals surface area contributed by atoms with E-state index in [1.807, 2.05) is 6.92 Å². The minimum Gasteiger partial charge on any atom is -0.449 e. The first kappa shape index (κ1) is 15.2. The Morgan fingerprint density at radius 3 is 2.52 bits per heavy atom. The molecule has 0 atom stereocenters. The molecule has 0 aliphatic carbocycles. The van der Waals surface area contributed by atoms with Crippen molar-refractivity contribution in [3.05, 3.63) is 53.9 Å². The Morgan fingerprint density at radius 2 is 1.87 bits per heavy atom. The van der Waals surface area contributed by atoms with Gasteiger partial charge in [0.15, 0.2) is 11.3 Å². The zero-order valence-electron chi connectivity index (χ0n) is 12.1. The van der Waals surface area contributed by atoms with Crippen molar-refractivity contribution in [3.63, 3.8) is 0 Å². The van der Waals surface area contributed by atoms with Gasteiger partial charge in [-0.2, -0.15) is 0 Å². The molecule has 0 saturated heterocycles. The van der Waals surface area contributed by atoms with Gasteiger partial charge >= 0.3 is 0 Å². The van der Waals surface area contributed by atoms with Gasteiger partial charge < -0.3 is 9.73 Å². The molecule has 0 bridgehead atoms. The molecule has 2 heterocycles. The zero-order valence-corrected chi connectivity index (χ0v) is 12.9. The molecule has 8 heteroatoms. The van der Waals surface area contributed by atoms with Gasteiger partial charge in [0.2, 0.25) is 10.0 Å². The van der Waals surface area contributed by atoms with Crippen LogP contribution in [-0.2, 0) is 10.0 Å². The van der Waals surface area contributed by atoms with Gasteiger partial charge in [0.25, 0.3) is 5.91 Å². The Kier molecular flexibility index (Phi) is 3.63. The molecule has 0 radical (unpaired) electrons. The van der Waals surface area contributed by atoms with Crippen LogP contribution in [0.4, 0.5) is 5.69 Å². The van der Waals surface area contributed by atoms with Gasteiger partial charge in [-0.15, -0.1) is 0 Å². The number of rotatable bonds is 3. The molecule has 0 fully saturated rings. The molecule has 0 unspecified atom stereocenters. The number of primary sulfonamides is 1. The van der Waals surface area contributed by atoms with Gasteiger partial charge in [0.05, 0.1) is 4.90 Å². The Bertz CT molecular complexity index is 991. The van der Waals surface area contributed by atoms with E-state index in [-0.39, 0.29) is 10.7 Å². The van der Waals surface area contributed by atoms with Crippen molar-refractivity contribution in [2.45, 2.75) is 11.8 Å². The zero-order chi connectivity index (χ0) is 16.6. The summed E-state index contributed by atoms with van der Waals surface area (Å²) in [6.45, 7) is 1.85. The molecule has 0 spiro atoms. The minimum absolute atomic E-state index is 0.0288. The van der Waals surface area contributed by atoms with E-state index in [4.69, 9.17) is 9.56 Å². The molecule has 118 valence electrons. The summed E-state index contributed by atoms with van der Waals surface area (Å²) in [5, 5.41) is 7.63. The molecular formula is C15H13N3O4S. The van der Waals surface area contributed by atoms with Crippen LogP contribution in [0.15, 0.2) is 51.8 Å². The molecule has 1 amide bonds. The number of aryl methyl sites for hydroxylation is 1. The first-order chi connectivity index (χ1) is 10.8. The lowest BCUT2D eigenvalue weighted by Crippen LogP contribution is -2.13. The van der Waals surface area contributed by atoms with Crippen molar-refractivity contribution in [3.8, 4) is 0 Å². The second kappa shape index (κ2) is 5.49. The van der Waals surface area contributed by atoms with Crippen LogP contribution in [0, 0.1) is 6.92 Å². The van der Waals surface area contributed by atoms with Gasteiger partial charge in [-0.3, -0.25) is 4.79 Å². The number of nitrogens with one attached hydrogen (secondary N) is 1. The molecule has 3 aromatic rings. The Labute approximate surface area is 132 Å². The number of aromatic nitrogens is 1. The standard InChI is InChI=1S/C15H13N3O4S/c1-9-2-7-13-12(17-9)8-14(22-13)15(19)18-10-3-5-11(6-4-10)23(16,20)21/h2-8H,1H3,(H,18,19)(H2,16,20,21). The summed E-state index contributed by atoms with van der Waals surface area (Å²) in [4.78, 5) is 16.4. The van der Waals surface area contributed by atoms with Crippen LogP contribution in [0.1, 0.15) is 16.2 Å². The van der Waals surface area contributed by atoms with Crippen molar-refractivity contribution in [2.24, 2.45) is 5.14 Å². The van der Waals surface area contributed by atoms with Crippen LogP contribution in [-0.4, -0.2) is 19.3 Å². The highest BCUT2D eigenvalue weighted by Gasteiger charge is 2.14. The quantitative estimate of drug-likeness (QED) is 0.762. The van der Waals surface area contributed by atoms with E-state index >= 15 is 0 Å². The maximum absolute atomic E-state index is 12.2. The van der Waals surface area contributed by atoms with Gasteiger partial charge in [-0.05, 0) is 43.3 Å². The molecule has 23 heavy (non-hydrogen) atoms. The lowest BCUT2D eigenvalue weighted by Gasteiger charge is -2.04. The number of hydrogen-bond donors (Lipinski definition) is 2. The number of furan rings is 1. The van der Waals surface area contributed by atoms with Gasteiger partial charge in [0, 0.05) is 17.4 Å². The number of anilines is 1. The van der Waals surface area contributed by atoms with E-state index < -0.39 is 15.9 Å². The summed E-state index contributed by atoms with van der Waals surface area (Å²) >= 11 is 0. The number of carbonyl (C=O) groups is 1. The molecule has 3 rings (SSSR count). The third-order valence-electron chi connectivity index (χ3n) is 3.18. The lowest BCUT2D eigenvalue weighted by molar-refractivity contribution is 0.0998. The fourth-order valence-corrected chi connectivity index (χ4v) is 2.57. The van der Waals surface area contributed by atoms with Crippen LogP contribution in [0.5, 0.6) is 0 Å². The van der Waals surface area contributed by atoms with Gasteiger partial charge in [-0.1, -0.05) is 0 Å². The number of benzene rings is 1. The smallest absolute Gasteiger partial charge is 0.291 e. The molecule has 2 aromatic heterocycles. The normalized spacial score (nSPS) is 11.6. The largest absolute Gasteiger partial charge is 0.449 e. The van der Waals surface area contributed by atoms with Crippen molar-refractivity contribution in [1.82, 2.24) is 4.98 Å². The third-order valence-corrected chi connectivity index (χ3v) is 4.11. The third kappa shape index (κ3) is 3.22. The van der Waals surface area contributed by atoms with E-state index in [1.165, 1.54) is 24.3 Å². The van der Waals surface area contributed by atoms with Crippen LogP contribution in [0.25, 0.3) is 11.1 Å². The van der Waals surface area contributed by atoms with E-state index in [2.05, 4.69) is 10.3 Å². The molecule has 0 saturated carbocycles. The van der Waals surface area contributed by atoms with Gasteiger partial charge in [-0.25, -0.2) is 18.5 Å². The maximum Gasteiger partial charge on any atom is 0.291 e. The van der Waals surface area contributed by atoms with Crippen LogP contribution >= 0.6 is 0 Å². The number of amides is 1. The number of sulfonamides is 1. The predicted molar refractivity (Wildman–Crippen MR) is 84.5 cm³/mol. The van der Waals surface area contributed by atoms with E-state index in [9.17, 15) is 13.2 Å². The second-order valence-electron chi connectivity index (χ2n) is 4.97. The van der Waals surface area contributed by atoms with Crippen LogP contribution in [0.3, 0.4) is 0 Å². The number of pyridine rings is 1. The fourth-order valence-electron chi connectivity index (χ4n) is 2.06. The number of carbonyl (C=O) groups excluding carboxylic acids is 1. The topological polar surface area (TPSA) is 115 Å². The van der Waals surface area contributed by atoms with Gasteiger partial charge in [0.1, 0.15) is 5.52 Å². The molecule has 0 aliphatic heterocycles. The summed E-state index contributed by atoms with van der Waals surface area (Å²) in [6.07, 6.45) is 0. The molecule has 1 aromatic carbocycles. The highest BCUT2D eigenvalue weighted by Crippen LogP contribution is 2.19. The monoisotopic (exact) mass is 331 g/mol.